The second kappa shape index (κ2) is 4.84. The van der Waals surface area contributed by atoms with Gasteiger partial charge in [-0.15, -0.1) is 0 Å². The minimum Gasteiger partial charge on any atom is -0.335 e. The van der Waals surface area contributed by atoms with Crippen LogP contribution in [-0.2, 0) is 4.79 Å². The van der Waals surface area contributed by atoms with Crippen LogP contribution in [0.15, 0.2) is 0 Å². The molecule has 3 nitrogen and oxygen atoms in total. The van der Waals surface area contributed by atoms with E-state index < -0.39 is 12.1 Å². The Kier molecular flexibility index (Phi) is 3.61. The summed E-state index contributed by atoms with van der Waals surface area (Å²) in [4.78, 5) is 14.3. The number of halogens is 3. The second-order valence-electron chi connectivity index (χ2n) is 4.76. The van der Waals surface area contributed by atoms with Crippen LogP contribution in [0.1, 0.15) is 25.7 Å². The van der Waals surface area contributed by atoms with E-state index in [1.807, 2.05) is 0 Å². The Balaban J connectivity index is 1.83. The minimum atomic E-state index is -4.72. The molecule has 0 saturated carbocycles. The van der Waals surface area contributed by atoms with Crippen LogP contribution in [0.2, 0.25) is 0 Å². The maximum absolute atomic E-state index is 12.2. The summed E-state index contributed by atoms with van der Waals surface area (Å²) in [6.07, 6.45) is -1.02. The maximum atomic E-state index is 12.2. The van der Waals surface area contributed by atoms with E-state index in [1.165, 1.54) is 12.8 Å². The molecule has 6 heteroatoms. The third kappa shape index (κ3) is 2.91. The van der Waals surface area contributed by atoms with Gasteiger partial charge in [0.25, 0.3) is 0 Å². The molecule has 2 aliphatic rings. The first kappa shape index (κ1) is 12.7. The Bertz CT molecular complexity index is 279. The summed E-state index contributed by atoms with van der Waals surface area (Å²) in [6.45, 7) is 2.58. The monoisotopic (exact) mass is 250 g/mol. The molecule has 1 amide bonds. The molecule has 98 valence electrons. The summed E-state index contributed by atoms with van der Waals surface area (Å²) in [7, 11) is 0. The van der Waals surface area contributed by atoms with Gasteiger partial charge < -0.3 is 9.80 Å². The maximum Gasteiger partial charge on any atom is 0.471 e. The van der Waals surface area contributed by atoms with E-state index >= 15 is 0 Å². The van der Waals surface area contributed by atoms with Gasteiger partial charge in [-0.3, -0.25) is 4.79 Å². The molecule has 2 heterocycles. The summed E-state index contributed by atoms with van der Waals surface area (Å²) in [5.74, 6) is -1.68. The van der Waals surface area contributed by atoms with Crippen molar-refractivity contribution in [3.05, 3.63) is 0 Å². The molecule has 0 bridgehead atoms. The van der Waals surface area contributed by atoms with Gasteiger partial charge >= 0.3 is 12.1 Å². The Morgan fingerprint density at radius 3 is 2.00 bits per heavy atom. The normalized spacial score (nSPS) is 24.3. The van der Waals surface area contributed by atoms with Gasteiger partial charge in [0.2, 0.25) is 0 Å². The lowest BCUT2D eigenvalue weighted by molar-refractivity contribution is -0.186. The van der Waals surface area contributed by atoms with Crippen molar-refractivity contribution in [2.45, 2.75) is 37.9 Å². The van der Waals surface area contributed by atoms with Gasteiger partial charge in [0.1, 0.15) is 0 Å². The number of nitrogens with zero attached hydrogens (tertiary/aromatic N) is 2. The lowest BCUT2D eigenvalue weighted by Crippen LogP contribution is -2.49. The quantitative estimate of drug-likeness (QED) is 0.706. The average molecular weight is 250 g/mol. The standard InChI is InChI=1S/C11H17F3N2O/c12-11(13,14)10(17)16-7-3-9(4-8-16)15-5-1-2-6-15/h9H,1-8H2. The van der Waals surface area contributed by atoms with Gasteiger partial charge in [-0.2, -0.15) is 13.2 Å². The predicted octanol–water partition coefficient (Wildman–Crippen LogP) is 1.64. The molecular weight excluding hydrogens is 233 g/mol. The van der Waals surface area contributed by atoms with Gasteiger partial charge in [-0.25, -0.2) is 0 Å². The Labute approximate surface area is 98.6 Å². The number of hydrogen-bond acceptors (Lipinski definition) is 2. The summed E-state index contributed by atoms with van der Waals surface area (Å²) < 4.78 is 36.7. The molecular formula is C11H17F3N2O. The van der Waals surface area contributed by atoms with Gasteiger partial charge in [-0.1, -0.05) is 0 Å². The lowest BCUT2D eigenvalue weighted by Gasteiger charge is -2.36. The number of piperidine rings is 1. The first-order valence-corrected chi connectivity index (χ1v) is 6.08. The van der Waals surface area contributed by atoms with Crippen molar-refractivity contribution in [3.8, 4) is 0 Å². The molecule has 2 aliphatic heterocycles. The number of amides is 1. The van der Waals surface area contributed by atoms with Crippen LogP contribution in [0.5, 0.6) is 0 Å². The van der Waals surface area contributed by atoms with Crippen LogP contribution in [-0.4, -0.2) is 54.1 Å². The zero-order chi connectivity index (χ0) is 12.5. The molecule has 0 atom stereocenters. The number of carbonyl (C=O) groups excluding carboxylic acids is 1. The smallest absolute Gasteiger partial charge is 0.335 e. The number of alkyl halides is 3. The zero-order valence-corrected chi connectivity index (χ0v) is 9.67. The van der Waals surface area contributed by atoms with Gasteiger partial charge in [-0.05, 0) is 38.8 Å². The molecule has 0 radical (unpaired) electrons. The van der Waals surface area contributed by atoms with Crippen molar-refractivity contribution < 1.29 is 18.0 Å². The highest BCUT2D eigenvalue weighted by atomic mass is 19.4. The Morgan fingerprint density at radius 2 is 1.53 bits per heavy atom. The van der Waals surface area contributed by atoms with E-state index in [0.717, 1.165) is 18.0 Å². The zero-order valence-electron chi connectivity index (χ0n) is 9.67. The Hall–Kier alpha value is -0.780. The van der Waals surface area contributed by atoms with Crippen molar-refractivity contribution in [1.29, 1.82) is 0 Å². The first-order chi connectivity index (χ1) is 7.98. The third-order valence-corrected chi connectivity index (χ3v) is 3.65. The SMILES string of the molecule is O=C(N1CCC(N2CCCC2)CC1)C(F)(F)F. The molecule has 0 aromatic heterocycles. The van der Waals surface area contributed by atoms with Crippen molar-refractivity contribution in [2.75, 3.05) is 26.2 Å². The van der Waals surface area contributed by atoms with E-state index in [0.29, 0.717) is 18.9 Å². The highest BCUT2D eigenvalue weighted by Crippen LogP contribution is 2.24. The van der Waals surface area contributed by atoms with Crippen molar-refractivity contribution >= 4 is 5.91 Å². The van der Waals surface area contributed by atoms with E-state index in [-0.39, 0.29) is 13.1 Å². The molecule has 0 unspecified atom stereocenters. The lowest BCUT2D eigenvalue weighted by atomic mass is 10.0. The van der Waals surface area contributed by atoms with Crippen molar-refractivity contribution in [1.82, 2.24) is 9.80 Å². The number of carbonyl (C=O) groups is 1. The van der Waals surface area contributed by atoms with Crippen LogP contribution < -0.4 is 0 Å². The molecule has 0 aromatic rings. The fourth-order valence-corrected chi connectivity index (χ4v) is 2.72. The van der Waals surface area contributed by atoms with Crippen LogP contribution >= 0.6 is 0 Å². The summed E-state index contributed by atoms with van der Waals surface area (Å²) in [5.41, 5.74) is 0. The van der Waals surface area contributed by atoms with E-state index in [2.05, 4.69) is 4.90 Å². The first-order valence-electron chi connectivity index (χ1n) is 6.08. The largest absolute Gasteiger partial charge is 0.471 e. The molecule has 2 rings (SSSR count). The fourth-order valence-electron chi connectivity index (χ4n) is 2.72. The number of likely N-dealkylation sites (tertiary alicyclic amines) is 2. The van der Waals surface area contributed by atoms with Gasteiger partial charge in [0.15, 0.2) is 0 Å². The summed E-state index contributed by atoms with van der Waals surface area (Å²) in [5, 5.41) is 0. The highest BCUT2D eigenvalue weighted by molar-refractivity contribution is 5.81. The molecule has 0 spiro atoms. The molecule has 2 saturated heterocycles. The van der Waals surface area contributed by atoms with Crippen LogP contribution in [0, 0.1) is 0 Å². The average Bonchev–Trinajstić information content (AvgIpc) is 2.80. The molecule has 0 N–H and O–H groups in total. The van der Waals surface area contributed by atoms with Gasteiger partial charge in [0, 0.05) is 19.1 Å². The third-order valence-electron chi connectivity index (χ3n) is 3.65. The van der Waals surface area contributed by atoms with Gasteiger partial charge in [0.05, 0.1) is 0 Å². The van der Waals surface area contributed by atoms with E-state index in [1.54, 1.807) is 0 Å². The highest BCUT2D eigenvalue weighted by Gasteiger charge is 2.43. The van der Waals surface area contributed by atoms with Crippen LogP contribution in [0.25, 0.3) is 0 Å². The van der Waals surface area contributed by atoms with E-state index in [4.69, 9.17) is 0 Å². The summed E-state index contributed by atoms with van der Waals surface area (Å²) in [6, 6.07) is 0.370. The molecule has 0 aliphatic carbocycles. The van der Waals surface area contributed by atoms with Crippen LogP contribution in [0.4, 0.5) is 13.2 Å². The van der Waals surface area contributed by atoms with Crippen molar-refractivity contribution in [3.63, 3.8) is 0 Å². The summed E-state index contributed by atoms with van der Waals surface area (Å²) >= 11 is 0. The fraction of sp³-hybridized carbons (Fsp3) is 0.909. The topological polar surface area (TPSA) is 23.6 Å². The number of hydrogen-bond donors (Lipinski definition) is 0. The van der Waals surface area contributed by atoms with Crippen molar-refractivity contribution in [2.24, 2.45) is 0 Å². The molecule has 2 fully saturated rings. The second-order valence-corrected chi connectivity index (χ2v) is 4.76. The molecule has 17 heavy (non-hydrogen) atoms. The van der Waals surface area contributed by atoms with Crippen LogP contribution in [0.3, 0.4) is 0 Å². The minimum absolute atomic E-state index is 0.236. The number of rotatable bonds is 1. The predicted molar refractivity (Wildman–Crippen MR) is 56.5 cm³/mol. The molecule has 0 aromatic carbocycles. The van der Waals surface area contributed by atoms with E-state index in [9.17, 15) is 18.0 Å². The Morgan fingerprint density at radius 1 is 1.00 bits per heavy atom.